The standard InChI is InChI=1S/C19H19N3O5/c1-14-16(12-21-18(26-2)17(14)22(24)25)10-6-7-11-20-19(23)27-13-15-8-4-3-5-9-15/h3-5,8-9,12H,7,11,13H2,1-2H3,(H,20,23). The average Bonchev–Trinajstić information content (AvgIpc) is 2.67. The number of alkyl carbamates (subject to hydrolysis) is 1. The Hall–Kier alpha value is -3.60. The summed E-state index contributed by atoms with van der Waals surface area (Å²) in [6.07, 6.45) is 1.26. The van der Waals surface area contributed by atoms with Crippen molar-refractivity contribution in [1.29, 1.82) is 0 Å². The van der Waals surface area contributed by atoms with Crippen LogP contribution in [0.5, 0.6) is 5.88 Å². The number of nitro groups is 1. The summed E-state index contributed by atoms with van der Waals surface area (Å²) in [4.78, 5) is 26.1. The van der Waals surface area contributed by atoms with Crippen molar-refractivity contribution in [3.63, 3.8) is 0 Å². The van der Waals surface area contributed by atoms with Crippen LogP contribution >= 0.6 is 0 Å². The first-order valence-electron chi connectivity index (χ1n) is 8.14. The van der Waals surface area contributed by atoms with E-state index in [0.29, 0.717) is 24.1 Å². The van der Waals surface area contributed by atoms with E-state index < -0.39 is 11.0 Å². The fourth-order valence-corrected chi connectivity index (χ4v) is 2.22. The second kappa shape index (κ2) is 9.77. The van der Waals surface area contributed by atoms with Crippen LogP contribution in [0.1, 0.15) is 23.1 Å². The molecule has 0 aliphatic carbocycles. The van der Waals surface area contributed by atoms with Gasteiger partial charge in [0.1, 0.15) is 6.61 Å². The van der Waals surface area contributed by atoms with E-state index in [0.717, 1.165) is 5.56 Å². The lowest BCUT2D eigenvalue weighted by Crippen LogP contribution is -2.24. The van der Waals surface area contributed by atoms with Crippen molar-refractivity contribution in [3.05, 3.63) is 63.3 Å². The number of aromatic nitrogens is 1. The van der Waals surface area contributed by atoms with Gasteiger partial charge in [-0.2, -0.15) is 0 Å². The summed E-state index contributed by atoms with van der Waals surface area (Å²) in [7, 11) is 1.32. The Labute approximate surface area is 156 Å². The molecule has 140 valence electrons. The Kier molecular flexibility index (Phi) is 7.14. The van der Waals surface area contributed by atoms with Gasteiger partial charge in [-0.3, -0.25) is 10.1 Å². The van der Waals surface area contributed by atoms with Crippen LogP contribution in [-0.4, -0.2) is 29.7 Å². The normalized spacial score (nSPS) is 9.70. The number of pyridine rings is 1. The third kappa shape index (κ3) is 5.71. The molecule has 0 spiro atoms. The van der Waals surface area contributed by atoms with Crippen molar-refractivity contribution in [2.45, 2.75) is 20.0 Å². The Morgan fingerprint density at radius 1 is 1.33 bits per heavy atom. The maximum absolute atomic E-state index is 11.6. The van der Waals surface area contributed by atoms with Gasteiger partial charge in [0.2, 0.25) is 0 Å². The number of benzene rings is 1. The first-order chi connectivity index (χ1) is 13.0. The summed E-state index contributed by atoms with van der Waals surface area (Å²) >= 11 is 0. The molecule has 0 saturated carbocycles. The Bertz CT molecular complexity index is 872. The van der Waals surface area contributed by atoms with E-state index in [1.165, 1.54) is 13.3 Å². The van der Waals surface area contributed by atoms with Crippen molar-refractivity contribution >= 4 is 11.8 Å². The van der Waals surface area contributed by atoms with E-state index in [1.807, 2.05) is 30.3 Å². The second-order valence-electron chi connectivity index (χ2n) is 5.45. The highest BCUT2D eigenvalue weighted by Gasteiger charge is 2.21. The fourth-order valence-electron chi connectivity index (χ4n) is 2.22. The van der Waals surface area contributed by atoms with Gasteiger partial charge in [-0.15, -0.1) is 0 Å². The highest BCUT2D eigenvalue weighted by molar-refractivity contribution is 5.67. The first-order valence-corrected chi connectivity index (χ1v) is 8.14. The van der Waals surface area contributed by atoms with Gasteiger partial charge in [0.05, 0.1) is 17.6 Å². The zero-order chi connectivity index (χ0) is 19.6. The zero-order valence-electron chi connectivity index (χ0n) is 15.0. The maximum atomic E-state index is 11.6. The molecule has 0 fully saturated rings. The molecule has 27 heavy (non-hydrogen) atoms. The molecule has 0 saturated heterocycles. The minimum atomic E-state index is -0.545. The third-order valence-electron chi connectivity index (χ3n) is 3.60. The van der Waals surface area contributed by atoms with Crippen molar-refractivity contribution in [1.82, 2.24) is 10.3 Å². The van der Waals surface area contributed by atoms with E-state index >= 15 is 0 Å². The number of ether oxygens (including phenoxy) is 2. The molecule has 0 bridgehead atoms. The van der Waals surface area contributed by atoms with Crippen molar-refractivity contribution < 1.29 is 19.2 Å². The maximum Gasteiger partial charge on any atom is 0.407 e. The van der Waals surface area contributed by atoms with Crippen LogP contribution < -0.4 is 10.1 Å². The molecule has 1 N–H and O–H groups in total. The summed E-state index contributed by atoms with van der Waals surface area (Å²) in [5.74, 6) is 5.63. The number of nitrogens with one attached hydrogen (secondary N) is 1. The van der Waals surface area contributed by atoms with Crippen molar-refractivity contribution in [2.24, 2.45) is 0 Å². The molecule has 0 atom stereocenters. The van der Waals surface area contributed by atoms with E-state index in [-0.39, 0.29) is 18.2 Å². The van der Waals surface area contributed by atoms with Gasteiger partial charge in [0, 0.05) is 24.7 Å². The molecule has 1 heterocycles. The van der Waals surface area contributed by atoms with E-state index in [9.17, 15) is 14.9 Å². The molecule has 1 aromatic heterocycles. The van der Waals surface area contributed by atoms with Crippen LogP contribution in [-0.2, 0) is 11.3 Å². The summed E-state index contributed by atoms with van der Waals surface area (Å²) in [5, 5.41) is 13.7. The van der Waals surface area contributed by atoms with Gasteiger partial charge >= 0.3 is 11.8 Å². The molecule has 2 aromatic rings. The quantitative estimate of drug-likeness (QED) is 0.363. The number of carbonyl (C=O) groups is 1. The minimum absolute atomic E-state index is 0.0501. The molecule has 1 aromatic carbocycles. The lowest BCUT2D eigenvalue weighted by molar-refractivity contribution is -0.386. The first kappa shape index (κ1) is 19.7. The van der Waals surface area contributed by atoms with Gasteiger partial charge < -0.3 is 14.8 Å². The molecular formula is C19H19N3O5. The van der Waals surface area contributed by atoms with E-state index in [4.69, 9.17) is 9.47 Å². The SMILES string of the molecule is COc1ncc(C#CCCNC(=O)OCc2ccccc2)c(C)c1[N+](=O)[O-]. The predicted molar refractivity (Wildman–Crippen MR) is 98.3 cm³/mol. The predicted octanol–water partition coefficient (Wildman–Crippen LogP) is 2.97. The van der Waals surface area contributed by atoms with Gasteiger partial charge in [0.25, 0.3) is 5.88 Å². The number of amides is 1. The molecule has 0 aliphatic heterocycles. The molecule has 0 unspecified atom stereocenters. The summed E-state index contributed by atoms with van der Waals surface area (Å²) < 4.78 is 9.99. The molecule has 0 radical (unpaired) electrons. The van der Waals surface area contributed by atoms with Crippen molar-refractivity contribution in [3.8, 4) is 17.7 Å². The Morgan fingerprint density at radius 3 is 2.74 bits per heavy atom. The van der Waals surface area contributed by atoms with Crippen LogP contribution in [0.3, 0.4) is 0 Å². The monoisotopic (exact) mass is 369 g/mol. The molecule has 0 aliphatic rings. The Morgan fingerprint density at radius 2 is 2.07 bits per heavy atom. The summed E-state index contributed by atoms with van der Waals surface area (Å²) in [6, 6.07) is 9.35. The number of hydrogen-bond donors (Lipinski definition) is 1. The average molecular weight is 369 g/mol. The minimum Gasteiger partial charge on any atom is -0.476 e. The number of hydrogen-bond acceptors (Lipinski definition) is 6. The molecule has 8 nitrogen and oxygen atoms in total. The lowest BCUT2D eigenvalue weighted by Gasteiger charge is -2.05. The van der Waals surface area contributed by atoms with Crippen molar-refractivity contribution in [2.75, 3.05) is 13.7 Å². The molecular weight excluding hydrogens is 350 g/mol. The number of carbonyl (C=O) groups excluding carboxylic acids is 1. The van der Waals surface area contributed by atoms with E-state index in [1.54, 1.807) is 6.92 Å². The van der Waals surface area contributed by atoms with Crippen LogP contribution in [0.25, 0.3) is 0 Å². The van der Waals surface area contributed by atoms with Gasteiger partial charge in [0.15, 0.2) is 0 Å². The van der Waals surface area contributed by atoms with Crippen LogP contribution in [0.15, 0.2) is 36.5 Å². The Balaban J connectivity index is 1.84. The summed E-state index contributed by atoms with van der Waals surface area (Å²) in [6.45, 7) is 2.08. The number of nitrogens with zero attached hydrogens (tertiary/aromatic N) is 2. The number of rotatable bonds is 6. The highest BCUT2D eigenvalue weighted by atomic mass is 16.6. The largest absolute Gasteiger partial charge is 0.476 e. The fraction of sp³-hybridized carbons (Fsp3) is 0.263. The smallest absolute Gasteiger partial charge is 0.407 e. The third-order valence-corrected chi connectivity index (χ3v) is 3.60. The summed E-state index contributed by atoms with van der Waals surface area (Å²) in [5.41, 5.74) is 1.52. The van der Waals surface area contributed by atoms with Crippen LogP contribution in [0.4, 0.5) is 10.5 Å². The van der Waals surface area contributed by atoms with Gasteiger partial charge in [-0.1, -0.05) is 42.2 Å². The van der Waals surface area contributed by atoms with Gasteiger partial charge in [-0.05, 0) is 12.5 Å². The molecule has 8 heteroatoms. The molecule has 2 rings (SSSR count). The van der Waals surface area contributed by atoms with E-state index in [2.05, 4.69) is 22.1 Å². The zero-order valence-corrected chi connectivity index (χ0v) is 15.0. The highest BCUT2D eigenvalue weighted by Crippen LogP contribution is 2.29. The van der Waals surface area contributed by atoms with Gasteiger partial charge in [-0.25, -0.2) is 9.78 Å². The number of methoxy groups -OCH3 is 1. The molecule has 1 amide bonds. The topological polar surface area (TPSA) is 104 Å². The van der Waals surface area contributed by atoms with Crippen LogP contribution in [0.2, 0.25) is 0 Å². The lowest BCUT2D eigenvalue weighted by atomic mass is 10.1. The second-order valence-corrected chi connectivity index (χ2v) is 5.45. The van der Waals surface area contributed by atoms with Crippen LogP contribution in [0, 0.1) is 28.9 Å².